The van der Waals surface area contributed by atoms with Crippen LogP contribution in [0.25, 0.3) is 0 Å². The summed E-state index contributed by atoms with van der Waals surface area (Å²) in [5.74, 6) is -1.000. The van der Waals surface area contributed by atoms with Gasteiger partial charge in [0, 0.05) is 18.8 Å². The fraction of sp³-hybridized carbons (Fsp3) is 0.312. The first kappa shape index (κ1) is 15.1. The SMILES string of the molecule is CCN(Cc1cccc(C)n1)Cc1cccc(C(=O)O)n1. The number of carboxylic acid groups (broad SMARTS) is 1. The predicted molar refractivity (Wildman–Crippen MR) is 80.0 cm³/mol. The third-order valence-electron chi connectivity index (χ3n) is 3.19. The number of pyridine rings is 2. The lowest BCUT2D eigenvalue weighted by Crippen LogP contribution is -2.23. The number of nitrogens with zero attached hydrogens (tertiary/aromatic N) is 3. The number of hydrogen-bond donors (Lipinski definition) is 1. The Kier molecular flexibility index (Phi) is 5.00. The van der Waals surface area contributed by atoms with Gasteiger partial charge in [0.25, 0.3) is 0 Å². The maximum absolute atomic E-state index is 11.0. The first-order chi connectivity index (χ1) is 10.1. The summed E-state index contributed by atoms with van der Waals surface area (Å²) in [5, 5.41) is 8.98. The number of aryl methyl sites for hydroxylation is 1. The molecule has 0 atom stereocenters. The first-order valence-electron chi connectivity index (χ1n) is 6.92. The van der Waals surface area contributed by atoms with Crippen LogP contribution in [0.15, 0.2) is 36.4 Å². The van der Waals surface area contributed by atoms with Crippen LogP contribution in [0.1, 0.15) is 34.5 Å². The second-order valence-corrected chi connectivity index (χ2v) is 4.89. The molecule has 0 aliphatic rings. The smallest absolute Gasteiger partial charge is 0.354 e. The third kappa shape index (κ3) is 4.36. The van der Waals surface area contributed by atoms with Crippen LogP contribution in [0.2, 0.25) is 0 Å². The van der Waals surface area contributed by atoms with Crippen molar-refractivity contribution in [1.29, 1.82) is 0 Å². The van der Waals surface area contributed by atoms with Crippen molar-refractivity contribution in [3.63, 3.8) is 0 Å². The number of carboxylic acids is 1. The van der Waals surface area contributed by atoms with E-state index in [-0.39, 0.29) is 5.69 Å². The molecule has 0 saturated carbocycles. The van der Waals surface area contributed by atoms with Crippen LogP contribution in [-0.4, -0.2) is 32.5 Å². The van der Waals surface area contributed by atoms with E-state index in [1.54, 1.807) is 6.07 Å². The molecule has 2 heterocycles. The molecule has 0 fully saturated rings. The molecule has 2 aromatic heterocycles. The highest BCUT2D eigenvalue weighted by molar-refractivity contribution is 5.85. The average Bonchev–Trinajstić information content (AvgIpc) is 2.47. The van der Waals surface area contributed by atoms with Crippen LogP contribution in [-0.2, 0) is 13.1 Å². The van der Waals surface area contributed by atoms with E-state index in [4.69, 9.17) is 5.11 Å². The molecule has 5 nitrogen and oxygen atoms in total. The fourth-order valence-electron chi connectivity index (χ4n) is 2.11. The van der Waals surface area contributed by atoms with Crippen molar-refractivity contribution >= 4 is 5.97 Å². The number of carbonyl (C=O) groups is 1. The largest absolute Gasteiger partial charge is 0.477 e. The quantitative estimate of drug-likeness (QED) is 0.883. The van der Waals surface area contributed by atoms with Gasteiger partial charge in [0.2, 0.25) is 0 Å². The zero-order valence-corrected chi connectivity index (χ0v) is 12.3. The Morgan fingerprint density at radius 1 is 1.10 bits per heavy atom. The summed E-state index contributed by atoms with van der Waals surface area (Å²) < 4.78 is 0. The molecule has 0 aliphatic carbocycles. The van der Waals surface area contributed by atoms with Gasteiger partial charge < -0.3 is 5.11 Å². The van der Waals surface area contributed by atoms with E-state index in [1.807, 2.05) is 31.2 Å². The Labute approximate surface area is 124 Å². The molecule has 0 amide bonds. The van der Waals surface area contributed by atoms with Gasteiger partial charge >= 0.3 is 5.97 Å². The van der Waals surface area contributed by atoms with Crippen LogP contribution in [0.5, 0.6) is 0 Å². The summed E-state index contributed by atoms with van der Waals surface area (Å²) in [7, 11) is 0. The maximum atomic E-state index is 11.0. The highest BCUT2D eigenvalue weighted by atomic mass is 16.4. The summed E-state index contributed by atoms with van der Waals surface area (Å²) >= 11 is 0. The molecule has 5 heteroatoms. The number of hydrogen-bond acceptors (Lipinski definition) is 4. The summed E-state index contributed by atoms with van der Waals surface area (Å²) in [5.41, 5.74) is 2.84. The Balaban J connectivity index is 2.08. The molecule has 1 N–H and O–H groups in total. The molecule has 0 aromatic carbocycles. The minimum Gasteiger partial charge on any atom is -0.477 e. The normalized spacial score (nSPS) is 10.8. The highest BCUT2D eigenvalue weighted by Crippen LogP contribution is 2.08. The summed E-state index contributed by atoms with van der Waals surface area (Å²) in [6.07, 6.45) is 0. The number of aromatic nitrogens is 2. The molecule has 2 aromatic rings. The molecule has 110 valence electrons. The van der Waals surface area contributed by atoms with Crippen LogP contribution in [0.3, 0.4) is 0 Å². The minimum absolute atomic E-state index is 0.0808. The van der Waals surface area contributed by atoms with Crippen molar-refractivity contribution in [2.75, 3.05) is 6.54 Å². The Morgan fingerprint density at radius 3 is 2.29 bits per heavy atom. The van der Waals surface area contributed by atoms with Crippen LogP contribution in [0, 0.1) is 6.92 Å². The van der Waals surface area contributed by atoms with Gasteiger partial charge in [-0.1, -0.05) is 19.1 Å². The van der Waals surface area contributed by atoms with Gasteiger partial charge in [-0.15, -0.1) is 0 Å². The van der Waals surface area contributed by atoms with Gasteiger partial charge in [-0.05, 0) is 37.7 Å². The van der Waals surface area contributed by atoms with Crippen LogP contribution >= 0.6 is 0 Å². The van der Waals surface area contributed by atoms with E-state index in [9.17, 15) is 4.79 Å². The Hall–Kier alpha value is -2.27. The molecule has 0 spiro atoms. The molecule has 21 heavy (non-hydrogen) atoms. The summed E-state index contributed by atoms with van der Waals surface area (Å²) in [6.45, 7) is 6.20. The monoisotopic (exact) mass is 285 g/mol. The van der Waals surface area contributed by atoms with E-state index < -0.39 is 5.97 Å². The van der Waals surface area contributed by atoms with Gasteiger partial charge in [-0.2, -0.15) is 0 Å². The van der Waals surface area contributed by atoms with Crippen LogP contribution in [0.4, 0.5) is 0 Å². The second-order valence-electron chi connectivity index (χ2n) is 4.89. The zero-order chi connectivity index (χ0) is 15.2. The summed E-state index contributed by atoms with van der Waals surface area (Å²) in [4.78, 5) is 21.8. The molecule has 0 radical (unpaired) electrons. The van der Waals surface area contributed by atoms with Crippen molar-refractivity contribution in [2.24, 2.45) is 0 Å². The van der Waals surface area contributed by atoms with Crippen molar-refractivity contribution in [1.82, 2.24) is 14.9 Å². The molecular formula is C16H19N3O2. The van der Waals surface area contributed by atoms with Crippen LogP contribution < -0.4 is 0 Å². The van der Waals surface area contributed by atoms with Crippen molar-refractivity contribution in [3.8, 4) is 0 Å². The Bertz CT molecular complexity index is 628. The average molecular weight is 285 g/mol. The Morgan fingerprint density at radius 2 is 1.71 bits per heavy atom. The number of rotatable bonds is 6. The van der Waals surface area contributed by atoms with E-state index in [1.165, 1.54) is 6.07 Å². The molecule has 0 saturated heterocycles. The van der Waals surface area contributed by atoms with Gasteiger partial charge in [-0.3, -0.25) is 9.88 Å². The molecule has 0 aliphatic heterocycles. The van der Waals surface area contributed by atoms with E-state index in [2.05, 4.69) is 21.8 Å². The number of aromatic carboxylic acids is 1. The van der Waals surface area contributed by atoms with Gasteiger partial charge in [0.05, 0.1) is 11.4 Å². The maximum Gasteiger partial charge on any atom is 0.354 e. The standard InChI is InChI=1S/C16H19N3O2/c1-3-19(10-13-7-4-6-12(2)17-13)11-14-8-5-9-15(18-14)16(20)21/h4-9H,3,10-11H2,1-2H3,(H,20,21). The lowest BCUT2D eigenvalue weighted by Gasteiger charge is -2.19. The topological polar surface area (TPSA) is 66.3 Å². The highest BCUT2D eigenvalue weighted by Gasteiger charge is 2.09. The minimum atomic E-state index is -1.000. The fourth-order valence-corrected chi connectivity index (χ4v) is 2.11. The predicted octanol–water partition coefficient (Wildman–Crippen LogP) is 2.51. The van der Waals surface area contributed by atoms with Crippen molar-refractivity contribution < 1.29 is 9.90 Å². The lowest BCUT2D eigenvalue weighted by atomic mass is 10.2. The molecule has 0 bridgehead atoms. The van der Waals surface area contributed by atoms with Crippen molar-refractivity contribution in [3.05, 3.63) is 59.2 Å². The van der Waals surface area contributed by atoms with E-state index >= 15 is 0 Å². The van der Waals surface area contributed by atoms with Gasteiger partial charge in [0.15, 0.2) is 0 Å². The van der Waals surface area contributed by atoms with Gasteiger partial charge in [0.1, 0.15) is 5.69 Å². The summed E-state index contributed by atoms with van der Waals surface area (Å²) in [6, 6.07) is 11.0. The zero-order valence-electron chi connectivity index (χ0n) is 12.3. The second kappa shape index (κ2) is 6.95. The van der Waals surface area contributed by atoms with E-state index in [0.717, 1.165) is 30.2 Å². The third-order valence-corrected chi connectivity index (χ3v) is 3.19. The molecular weight excluding hydrogens is 266 g/mol. The van der Waals surface area contributed by atoms with Gasteiger partial charge in [-0.25, -0.2) is 9.78 Å². The molecule has 2 rings (SSSR count). The van der Waals surface area contributed by atoms with Crippen molar-refractivity contribution in [2.45, 2.75) is 26.9 Å². The van der Waals surface area contributed by atoms with E-state index in [0.29, 0.717) is 6.54 Å². The lowest BCUT2D eigenvalue weighted by molar-refractivity contribution is 0.0690. The first-order valence-corrected chi connectivity index (χ1v) is 6.92. The molecule has 0 unspecified atom stereocenters.